The van der Waals surface area contributed by atoms with Gasteiger partial charge in [-0.2, -0.15) is 0 Å². The normalized spacial score (nSPS) is 17.2. The van der Waals surface area contributed by atoms with E-state index >= 15 is 0 Å². The minimum atomic E-state index is -1.31. The maximum atomic E-state index is 14.8. The molecule has 0 radical (unpaired) electrons. The summed E-state index contributed by atoms with van der Waals surface area (Å²) in [5.74, 6) is -4.99. The lowest BCUT2D eigenvalue weighted by molar-refractivity contribution is 0.0482. The minimum absolute atomic E-state index is 0.00294. The molecule has 1 nitrogen and oxygen atoms in total. The fourth-order valence-corrected chi connectivity index (χ4v) is 2.81. The van der Waals surface area contributed by atoms with Crippen LogP contribution in [0.15, 0.2) is 58.8 Å². The van der Waals surface area contributed by atoms with Gasteiger partial charge >= 0.3 is 0 Å². The molecule has 0 aromatic rings. The third kappa shape index (κ3) is 11.2. The van der Waals surface area contributed by atoms with Crippen LogP contribution >= 0.6 is 0 Å². The highest BCUT2D eigenvalue weighted by molar-refractivity contribution is 5.49. The molecule has 4 unspecified atom stereocenters. The second-order valence-corrected chi connectivity index (χ2v) is 9.01. The van der Waals surface area contributed by atoms with Crippen LogP contribution in [0.4, 0.5) is 17.6 Å². The lowest BCUT2D eigenvalue weighted by Crippen LogP contribution is -2.14. The van der Waals surface area contributed by atoms with Crippen LogP contribution in [0, 0.1) is 17.8 Å². The van der Waals surface area contributed by atoms with Crippen molar-refractivity contribution in [3.8, 4) is 0 Å². The topological polar surface area (TPSA) is 9.23 Å². The molecule has 0 aromatic carbocycles. The third-order valence-electron chi connectivity index (χ3n) is 6.39. The van der Waals surface area contributed by atoms with Crippen LogP contribution in [0.2, 0.25) is 0 Å². The number of halogens is 4. The lowest BCUT2D eigenvalue weighted by Gasteiger charge is -2.18. The van der Waals surface area contributed by atoms with Crippen molar-refractivity contribution in [1.82, 2.24) is 0 Å². The van der Waals surface area contributed by atoms with Gasteiger partial charge < -0.3 is 4.74 Å². The fourth-order valence-electron chi connectivity index (χ4n) is 2.81. The average Bonchev–Trinajstić information content (AvgIpc) is 2.86. The van der Waals surface area contributed by atoms with E-state index in [2.05, 4.69) is 27.0 Å². The van der Waals surface area contributed by atoms with Crippen LogP contribution in [-0.4, -0.2) is 12.7 Å². The van der Waals surface area contributed by atoms with Crippen molar-refractivity contribution < 1.29 is 22.3 Å². The molecular weight excluding hydrogens is 440 g/mol. The Labute approximate surface area is 206 Å². The van der Waals surface area contributed by atoms with Crippen LogP contribution in [0.1, 0.15) is 94.9 Å². The zero-order valence-electron chi connectivity index (χ0n) is 23.2. The Morgan fingerprint density at radius 2 is 1.26 bits per heavy atom. The summed E-state index contributed by atoms with van der Waals surface area (Å²) in [5, 5.41) is 0. The number of allylic oxidation sites excluding steroid dienone is 7. The number of rotatable bonds is 14. The molecule has 0 saturated heterocycles. The molecule has 0 bridgehead atoms. The maximum absolute atomic E-state index is 14.8. The van der Waals surface area contributed by atoms with Crippen molar-refractivity contribution in [3.63, 3.8) is 0 Å². The zero-order chi connectivity index (χ0) is 27.2. The molecule has 0 aliphatic carbocycles. The molecular formula is C29H48F4O. The smallest absolute Gasteiger partial charge is 0.166 e. The predicted molar refractivity (Wildman–Crippen MR) is 139 cm³/mol. The van der Waals surface area contributed by atoms with Crippen molar-refractivity contribution in [2.24, 2.45) is 17.8 Å². The zero-order valence-corrected chi connectivity index (χ0v) is 23.2. The molecule has 0 spiro atoms. The van der Waals surface area contributed by atoms with E-state index in [4.69, 9.17) is 4.74 Å². The Morgan fingerprint density at radius 3 is 1.74 bits per heavy atom. The monoisotopic (exact) mass is 488 g/mol. The molecule has 4 atom stereocenters. The van der Waals surface area contributed by atoms with E-state index in [-0.39, 0.29) is 41.3 Å². The Kier molecular flexibility index (Phi) is 18.0. The molecule has 5 heteroatoms. The summed E-state index contributed by atoms with van der Waals surface area (Å²) in [4.78, 5) is 0. The molecule has 0 heterocycles. The second kappa shape index (κ2) is 17.8. The highest BCUT2D eigenvalue weighted by Gasteiger charge is 2.23. The molecule has 0 rings (SSSR count). The van der Waals surface area contributed by atoms with Gasteiger partial charge in [0, 0.05) is 11.5 Å². The number of ether oxygens (including phenoxy) is 1. The molecule has 0 fully saturated rings. The van der Waals surface area contributed by atoms with Crippen molar-refractivity contribution >= 4 is 0 Å². The van der Waals surface area contributed by atoms with Gasteiger partial charge in [0.25, 0.3) is 0 Å². The Balaban J connectivity index is 0. The van der Waals surface area contributed by atoms with Crippen molar-refractivity contribution in [1.29, 1.82) is 0 Å². The highest BCUT2D eigenvalue weighted by atomic mass is 19.2. The largest absolute Gasteiger partial charge is 0.378 e. The van der Waals surface area contributed by atoms with Gasteiger partial charge in [-0.3, -0.25) is 0 Å². The van der Waals surface area contributed by atoms with E-state index in [1.54, 1.807) is 13.8 Å². The quantitative estimate of drug-likeness (QED) is 0.174. The summed E-state index contributed by atoms with van der Waals surface area (Å²) in [5.41, 5.74) is -0.764. The molecule has 0 N–H and O–H groups in total. The number of hydrogen-bond acceptors (Lipinski definition) is 1. The molecule has 0 amide bonds. The lowest BCUT2D eigenvalue weighted by atomic mass is 9.90. The first-order valence-electron chi connectivity index (χ1n) is 12.6. The SMILES string of the molecule is C=C(/C(C)=C(F)/C(F)=C(\C)C(C)COC(C)CC)/C(F)=C(/F)C(=C)C(C)CCC(C)CC.CC. The van der Waals surface area contributed by atoms with E-state index in [1.807, 2.05) is 27.7 Å². The fraction of sp³-hybridized carbons (Fsp3) is 0.655. The molecule has 0 aromatic heterocycles. The molecule has 0 aliphatic heterocycles. The maximum Gasteiger partial charge on any atom is 0.166 e. The Hall–Kier alpha value is -1.62. The van der Waals surface area contributed by atoms with Gasteiger partial charge in [0.15, 0.2) is 23.3 Å². The van der Waals surface area contributed by atoms with Crippen LogP contribution in [0.25, 0.3) is 0 Å². The molecule has 0 saturated carbocycles. The second-order valence-electron chi connectivity index (χ2n) is 9.01. The van der Waals surface area contributed by atoms with Crippen LogP contribution in [-0.2, 0) is 4.74 Å². The van der Waals surface area contributed by atoms with E-state index in [1.165, 1.54) is 13.8 Å². The van der Waals surface area contributed by atoms with Gasteiger partial charge in [-0.25, -0.2) is 17.6 Å². The summed E-state index contributed by atoms with van der Waals surface area (Å²) in [7, 11) is 0. The van der Waals surface area contributed by atoms with Gasteiger partial charge in [0.1, 0.15) is 0 Å². The first kappa shape index (κ1) is 34.5. The van der Waals surface area contributed by atoms with Gasteiger partial charge in [0.2, 0.25) is 0 Å². The summed E-state index contributed by atoms with van der Waals surface area (Å²) in [6.45, 7) is 25.6. The first-order valence-corrected chi connectivity index (χ1v) is 12.6. The van der Waals surface area contributed by atoms with Crippen LogP contribution in [0.3, 0.4) is 0 Å². The first-order chi connectivity index (χ1) is 15.8. The third-order valence-corrected chi connectivity index (χ3v) is 6.39. The summed E-state index contributed by atoms with van der Waals surface area (Å²) in [6, 6.07) is 0. The van der Waals surface area contributed by atoms with Gasteiger partial charge in [-0.1, -0.05) is 74.5 Å². The standard InChI is InChI=1S/C27H42F4O.C2H6/c1-11-16(3)13-14-17(4)20(7)24(28)26(30)22(9)23(10)27(31)25(29)21(8)18(5)15-32-19(6)12-2;1-2/h16-19H,7,9,11-15H2,1-6,8,10H3;1-2H3/b25-21-,26-24-,27-23-;. The van der Waals surface area contributed by atoms with Crippen molar-refractivity contribution in [2.75, 3.05) is 6.61 Å². The average molecular weight is 489 g/mol. The molecule has 0 aliphatic rings. The summed E-state index contributed by atoms with van der Waals surface area (Å²) >= 11 is 0. The van der Waals surface area contributed by atoms with E-state index in [0.29, 0.717) is 12.3 Å². The van der Waals surface area contributed by atoms with Gasteiger partial charge in [-0.05, 0) is 62.2 Å². The van der Waals surface area contributed by atoms with Crippen LogP contribution < -0.4 is 0 Å². The van der Waals surface area contributed by atoms with E-state index in [9.17, 15) is 17.6 Å². The molecule has 34 heavy (non-hydrogen) atoms. The van der Waals surface area contributed by atoms with Crippen molar-refractivity contribution in [3.05, 3.63) is 58.8 Å². The molecule has 198 valence electrons. The van der Waals surface area contributed by atoms with Crippen molar-refractivity contribution in [2.45, 2.75) is 101 Å². The van der Waals surface area contributed by atoms with Gasteiger partial charge in [0.05, 0.1) is 12.7 Å². The van der Waals surface area contributed by atoms with E-state index < -0.39 is 28.9 Å². The summed E-state index contributed by atoms with van der Waals surface area (Å²) in [6.07, 6.45) is 3.36. The number of hydrogen-bond donors (Lipinski definition) is 0. The van der Waals surface area contributed by atoms with E-state index in [0.717, 1.165) is 19.3 Å². The highest BCUT2D eigenvalue weighted by Crippen LogP contribution is 2.35. The minimum Gasteiger partial charge on any atom is -0.378 e. The predicted octanol–water partition coefficient (Wildman–Crippen LogP) is 10.7. The summed E-state index contributed by atoms with van der Waals surface area (Å²) < 4.78 is 64.5. The Morgan fingerprint density at radius 1 is 0.735 bits per heavy atom. The Bertz CT molecular complexity index is 745. The van der Waals surface area contributed by atoms with Crippen LogP contribution in [0.5, 0.6) is 0 Å². The van der Waals surface area contributed by atoms with Gasteiger partial charge in [-0.15, -0.1) is 0 Å².